The zero-order valence-electron chi connectivity index (χ0n) is 13.6. The van der Waals surface area contributed by atoms with Gasteiger partial charge in [0, 0.05) is 6.42 Å². The van der Waals surface area contributed by atoms with Crippen LogP contribution in [0.2, 0.25) is 0 Å². The van der Waals surface area contributed by atoms with Crippen LogP contribution in [0.15, 0.2) is 24.3 Å². The van der Waals surface area contributed by atoms with Crippen LogP contribution >= 0.6 is 0 Å². The first-order chi connectivity index (χ1) is 11.3. The third-order valence-corrected chi connectivity index (χ3v) is 3.77. The number of ether oxygens (including phenoxy) is 2. The standard InChI is InChI=1S/C15H20O9.K/c16-6-10-11(18)12(19)13(20)15(24-10)23-9(14(21)22)5-7-1-3-8(17)4-2-7;/h1-4,9-13,15-20H,5-6H2,(H,21,22);/q;+1/p-1/t9?,10-,11+,12+,13-,15-;/m1./s1. The van der Waals surface area contributed by atoms with Crippen LogP contribution in [0.4, 0.5) is 0 Å². The Morgan fingerprint density at radius 1 is 1.16 bits per heavy atom. The van der Waals surface area contributed by atoms with Crippen LogP contribution in [-0.4, -0.2) is 74.9 Å². The molecule has 1 saturated heterocycles. The number of carbonyl (C=O) groups is 1. The van der Waals surface area contributed by atoms with E-state index in [2.05, 4.69) is 0 Å². The van der Waals surface area contributed by atoms with Crippen molar-refractivity contribution >= 4 is 5.97 Å². The van der Waals surface area contributed by atoms with Crippen molar-refractivity contribution < 1.29 is 96.3 Å². The van der Waals surface area contributed by atoms with E-state index < -0.39 is 49.4 Å². The van der Waals surface area contributed by atoms with Crippen molar-refractivity contribution in [2.75, 3.05) is 6.61 Å². The maximum atomic E-state index is 11.4. The van der Waals surface area contributed by atoms with Crippen LogP contribution in [0, 0.1) is 0 Å². The maximum Gasteiger partial charge on any atom is 1.00 e. The molecule has 1 fully saturated rings. The van der Waals surface area contributed by atoms with E-state index >= 15 is 0 Å². The monoisotopic (exact) mass is 382 g/mol. The van der Waals surface area contributed by atoms with Gasteiger partial charge in [-0.05, 0) is 5.56 Å². The second-order valence-corrected chi connectivity index (χ2v) is 5.51. The van der Waals surface area contributed by atoms with Crippen LogP contribution < -0.4 is 56.5 Å². The molecule has 1 aromatic rings. The van der Waals surface area contributed by atoms with Crippen LogP contribution in [-0.2, 0) is 20.7 Å². The van der Waals surface area contributed by atoms with Crippen molar-refractivity contribution in [1.82, 2.24) is 0 Å². The Hall–Kier alpha value is -0.114. The molecular weight excluding hydrogens is 363 g/mol. The second kappa shape index (κ2) is 10.3. The van der Waals surface area contributed by atoms with Crippen LogP contribution in [0.25, 0.3) is 0 Å². The second-order valence-electron chi connectivity index (χ2n) is 5.51. The zero-order valence-corrected chi connectivity index (χ0v) is 16.7. The van der Waals surface area contributed by atoms with E-state index in [-0.39, 0.29) is 63.6 Å². The van der Waals surface area contributed by atoms with Crippen LogP contribution in [0.3, 0.4) is 0 Å². The molecule has 6 atom stereocenters. The summed E-state index contributed by atoms with van der Waals surface area (Å²) in [5.74, 6) is -1.56. The Labute approximate surface area is 186 Å². The summed E-state index contributed by atoms with van der Waals surface area (Å²) in [5.41, 5.74) is 0.520. The Bertz CT molecular complexity index is 550. The fourth-order valence-electron chi connectivity index (χ4n) is 2.37. The molecule has 9 nitrogen and oxygen atoms in total. The number of carboxylic acid groups (broad SMARTS) is 1. The number of aliphatic carboxylic acids is 1. The van der Waals surface area contributed by atoms with Crippen molar-refractivity contribution in [2.24, 2.45) is 0 Å². The summed E-state index contributed by atoms with van der Waals surface area (Å²) < 4.78 is 10.3. The predicted octanol–water partition coefficient (Wildman–Crippen LogP) is -5.42. The minimum Gasteiger partial charge on any atom is -0.872 e. The summed E-state index contributed by atoms with van der Waals surface area (Å²) in [6.07, 6.45) is -9.17. The van der Waals surface area contributed by atoms with Gasteiger partial charge in [0.1, 0.15) is 24.4 Å². The van der Waals surface area contributed by atoms with Gasteiger partial charge in [-0.25, -0.2) is 4.79 Å². The molecule has 0 saturated carbocycles. The number of benzene rings is 1. The van der Waals surface area contributed by atoms with Gasteiger partial charge in [-0.3, -0.25) is 0 Å². The van der Waals surface area contributed by atoms with Gasteiger partial charge < -0.3 is 40.1 Å². The van der Waals surface area contributed by atoms with Gasteiger partial charge in [-0.2, -0.15) is 0 Å². The van der Waals surface area contributed by atoms with Gasteiger partial charge in [0.15, 0.2) is 12.4 Å². The Morgan fingerprint density at radius 3 is 2.28 bits per heavy atom. The third-order valence-electron chi connectivity index (χ3n) is 3.77. The molecule has 2 rings (SSSR count). The molecule has 0 spiro atoms. The molecule has 1 unspecified atom stereocenters. The quantitative estimate of drug-likeness (QED) is 0.303. The minimum absolute atomic E-state index is 0. The van der Waals surface area contributed by atoms with Gasteiger partial charge in [0.2, 0.25) is 0 Å². The minimum atomic E-state index is -1.69. The van der Waals surface area contributed by atoms with E-state index in [9.17, 15) is 30.3 Å². The molecule has 25 heavy (non-hydrogen) atoms. The fourth-order valence-corrected chi connectivity index (χ4v) is 2.37. The number of carboxylic acids is 1. The first-order valence-electron chi connectivity index (χ1n) is 7.28. The molecule has 10 heteroatoms. The van der Waals surface area contributed by atoms with Gasteiger partial charge in [0.05, 0.1) is 6.61 Å². The van der Waals surface area contributed by atoms with Gasteiger partial charge in [-0.15, -0.1) is 5.75 Å². The van der Waals surface area contributed by atoms with Crippen molar-refractivity contribution in [3.8, 4) is 5.75 Å². The summed E-state index contributed by atoms with van der Waals surface area (Å²) in [7, 11) is 0. The Morgan fingerprint density at radius 2 is 1.76 bits per heavy atom. The normalized spacial score (nSPS) is 30.3. The molecule has 0 bridgehead atoms. The Balaban J connectivity index is 0.00000312. The summed E-state index contributed by atoms with van der Waals surface area (Å²) in [5, 5.41) is 58.7. The molecular formula is C15H19KO9. The molecule has 0 aromatic heterocycles. The van der Waals surface area contributed by atoms with Gasteiger partial charge in [-0.1, -0.05) is 24.3 Å². The fraction of sp³-hybridized carbons (Fsp3) is 0.533. The van der Waals surface area contributed by atoms with Crippen molar-refractivity contribution in [3.05, 3.63) is 29.8 Å². The smallest absolute Gasteiger partial charge is 0.872 e. The molecule has 5 N–H and O–H groups in total. The van der Waals surface area contributed by atoms with Crippen LogP contribution in [0.1, 0.15) is 5.56 Å². The summed E-state index contributed by atoms with van der Waals surface area (Å²) in [6.45, 7) is -0.645. The van der Waals surface area contributed by atoms with E-state index in [1.807, 2.05) is 0 Å². The molecule has 0 aliphatic carbocycles. The number of aliphatic hydroxyl groups excluding tert-OH is 4. The van der Waals surface area contributed by atoms with Gasteiger partial charge in [0.25, 0.3) is 0 Å². The number of aliphatic hydroxyl groups is 4. The first kappa shape index (κ1) is 22.9. The van der Waals surface area contributed by atoms with E-state index in [1.165, 1.54) is 24.3 Å². The molecule has 1 aliphatic rings. The van der Waals surface area contributed by atoms with E-state index in [4.69, 9.17) is 14.6 Å². The molecule has 1 aromatic carbocycles. The number of hydrogen-bond donors (Lipinski definition) is 5. The van der Waals surface area contributed by atoms with Crippen LogP contribution in [0.5, 0.6) is 5.75 Å². The zero-order chi connectivity index (χ0) is 17.9. The average molecular weight is 382 g/mol. The average Bonchev–Trinajstić information content (AvgIpc) is 2.56. The van der Waals surface area contributed by atoms with Gasteiger partial charge >= 0.3 is 57.4 Å². The van der Waals surface area contributed by atoms with Crippen molar-refractivity contribution in [1.29, 1.82) is 0 Å². The number of rotatable bonds is 6. The summed E-state index contributed by atoms with van der Waals surface area (Å²) >= 11 is 0. The summed E-state index contributed by atoms with van der Waals surface area (Å²) in [6, 6.07) is 5.47. The van der Waals surface area contributed by atoms with E-state index in [0.717, 1.165) is 0 Å². The largest absolute Gasteiger partial charge is 1.00 e. The predicted molar refractivity (Wildman–Crippen MR) is 75.9 cm³/mol. The van der Waals surface area contributed by atoms with Crippen molar-refractivity contribution in [3.63, 3.8) is 0 Å². The molecule has 1 heterocycles. The molecule has 0 amide bonds. The molecule has 134 valence electrons. The topological polar surface area (TPSA) is 160 Å². The van der Waals surface area contributed by atoms with E-state index in [0.29, 0.717) is 5.56 Å². The first-order valence-corrected chi connectivity index (χ1v) is 7.28. The molecule has 0 radical (unpaired) electrons. The summed E-state index contributed by atoms with van der Waals surface area (Å²) in [4.78, 5) is 11.4. The number of hydrogen-bond acceptors (Lipinski definition) is 8. The SMILES string of the molecule is O=C(O)C(Cc1ccc([O-])cc1)O[C@@H]1O[C@H](CO)[C@H](O)[C@H](O)[C@H]1O.[K+]. The molecule has 1 aliphatic heterocycles. The van der Waals surface area contributed by atoms with E-state index in [1.54, 1.807) is 0 Å². The Kier molecular flexibility index (Phi) is 9.43. The third kappa shape index (κ3) is 5.94. The maximum absolute atomic E-state index is 11.4. The van der Waals surface area contributed by atoms with Crippen molar-refractivity contribution in [2.45, 2.75) is 43.2 Å².